The van der Waals surface area contributed by atoms with Crippen molar-refractivity contribution in [2.45, 2.75) is 4.90 Å². The van der Waals surface area contributed by atoms with Crippen LogP contribution in [0.3, 0.4) is 0 Å². The molecule has 0 aliphatic carbocycles. The van der Waals surface area contributed by atoms with Crippen molar-refractivity contribution in [3.05, 3.63) is 70.4 Å². The van der Waals surface area contributed by atoms with Crippen molar-refractivity contribution in [1.82, 2.24) is 5.32 Å². The molecule has 0 aliphatic heterocycles. The minimum Gasteiger partial charge on any atom is -0.451 e. The largest absolute Gasteiger partial charge is 0.451 e. The molecule has 0 unspecified atom stereocenters. The Balaban J connectivity index is 1.69. The predicted octanol–water partition coefficient (Wildman–Crippen LogP) is 5.67. The van der Waals surface area contributed by atoms with E-state index in [0.717, 1.165) is 0 Å². The smallest absolute Gasteiger partial charge is 0.293 e. The third-order valence-corrected chi connectivity index (χ3v) is 4.75. The molecule has 26 heavy (non-hydrogen) atoms. The van der Waals surface area contributed by atoms with Crippen molar-refractivity contribution in [3.8, 4) is 11.3 Å². The number of hydrogen-bond acceptors (Lipinski definition) is 4. The monoisotopic (exact) mass is 422 g/mol. The summed E-state index contributed by atoms with van der Waals surface area (Å²) < 4.78 is 5.58. The van der Waals surface area contributed by atoms with Gasteiger partial charge in [0, 0.05) is 10.5 Å². The lowest BCUT2D eigenvalue weighted by molar-refractivity contribution is 0.0951. The molecular weight excluding hydrogens is 411 g/mol. The first kappa shape index (κ1) is 18.8. The van der Waals surface area contributed by atoms with Gasteiger partial charge in [-0.1, -0.05) is 35.3 Å². The van der Waals surface area contributed by atoms with E-state index in [2.05, 4.69) is 23.3 Å². The second-order valence-electron chi connectivity index (χ2n) is 5.22. The van der Waals surface area contributed by atoms with E-state index in [-0.39, 0.29) is 10.9 Å². The first-order valence-corrected chi connectivity index (χ1v) is 9.01. The number of nitrogens with one attached hydrogen (secondary N) is 2. The number of thiol groups is 1. The van der Waals surface area contributed by atoms with Crippen LogP contribution in [0.4, 0.5) is 5.69 Å². The van der Waals surface area contributed by atoms with Crippen LogP contribution in [0, 0.1) is 0 Å². The number of anilines is 1. The van der Waals surface area contributed by atoms with Gasteiger partial charge < -0.3 is 9.73 Å². The molecule has 3 aromatic rings. The van der Waals surface area contributed by atoms with Gasteiger partial charge in [-0.05, 0) is 54.7 Å². The highest BCUT2D eigenvalue weighted by molar-refractivity contribution is 7.81. The van der Waals surface area contributed by atoms with Crippen LogP contribution in [-0.2, 0) is 0 Å². The van der Waals surface area contributed by atoms with Crippen LogP contribution in [0.15, 0.2) is 63.9 Å². The summed E-state index contributed by atoms with van der Waals surface area (Å²) in [6, 6.07) is 15.6. The van der Waals surface area contributed by atoms with Crippen molar-refractivity contribution in [1.29, 1.82) is 0 Å². The summed E-state index contributed by atoms with van der Waals surface area (Å²) in [4.78, 5) is 13.0. The summed E-state index contributed by atoms with van der Waals surface area (Å²) in [7, 11) is 0. The molecule has 4 nitrogen and oxygen atoms in total. The molecular formula is C18H12Cl2N2O2S2. The Morgan fingerprint density at radius 3 is 2.54 bits per heavy atom. The van der Waals surface area contributed by atoms with Crippen molar-refractivity contribution >= 4 is 64.8 Å². The molecule has 3 rings (SSSR count). The molecule has 0 radical (unpaired) electrons. The summed E-state index contributed by atoms with van der Waals surface area (Å²) in [5.41, 5.74) is 1.40. The van der Waals surface area contributed by atoms with Gasteiger partial charge in [-0.25, -0.2) is 0 Å². The Hall–Kier alpha value is -1.99. The van der Waals surface area contributed by atoms with E-state index in [4.69, 9.17) is 39.8 Å². The number of furan rings is 1. The first-order valence-electron chi connectivity index (χ1n) is 7.39. The molecule has 1 amide bonds. The minimum atomic E-state index is -0.467. The van der Waals surface area contributed by atoms with Gasteiger partial charge in [-0.2, -0.15) is 0 Å². The maximum atomic E-state index is 12.3. The van der Waals surface area contributed by atoms with E-state index in [1.165, 1.54) is 0 Å². The second-order valence-corrected chi connectivity index (χ2v) is 6.92. The second kappa shape index (κ2) is 8.14. The van der Waals surface area contributed by atoms with Crippen molar-refractivity contribution < 1.29 is 9.21 Å². The molecule has 132 valence electrons. The van der Waals surface area contributed by atoms with Crippen LogP contribution in [0.5, 0.6) is 0 Å². The zero-order valence-electron chi connectivity index (χ0n) is 13.1. The van der Waals surface area contributed by atoms with Gasteiger partial charge in [0.15, 0.2) is 10.9 Å². The van der Waals surface area contributed by atoms with Crippen LogP contribution >= 0.6 is 48.0 Å². The first-order chi connectivity index (χ1) is 12.4. The maximum Gasteiger partial charge on any atom is 0.293 e. The normalized spacial score (nSPS) is 10.4. The van der Waals surface area contributed by atoms with Crippen LogP contribution in [0.25, 0.3) is 11.3 Å². The molecule has 0 saturated heterocycles. The van der Waals surface area contributed by atoms with Crippen LogP contribution < -0.4 is 10.6 Å². The number of rotatable bonds is 3. The minimum absolute atomic E-state index is 0.120. The standard InChI is InChI=1S/C18H12Cl2N2O2S2/c19-11-6-5-10(9-12(11)20)14-7-8-15(24-14)17(23)22-18(26)21-13-3-1-2-4-16(13)25/h1-9,25H,(H2,21,22,23,26). The van der Waals surface area contributed by atoms with E-state index in [1.807, 2.05) is 18.2 Å². The summed E-state index contributed by atoms with van der Waals surface area (Å²) in [6.07, 6.45) is 0. The molecule has 2 N–H and O–H groups in total. The number of amides is 1. The fourth-order valence-corrected chi connectivity index (χ4v) is 2.88. The average Bonchev–Trinajstić information content (AvgIpc) is 3.09. The fourth-order valence-electron chi connectivity index (χ4n) is 2.16. The Kier molecular flexibility index (Phi) is 5.88. The molecule has 0 saturated carbocycles. The van der Waals surface area contributed by atoms with E-state index >= 15 is 0 Å². The van der Waals surface area contributed by atoms with Gasteiger partial charge in [-0.15, -0.1) is 12.6 Å². The van der Waals surface area contributed by atoms with Crippen LogP contribution in [0.2, 0.25) is 10.0 Å². The van der Waals surface area contributed by atoms with Crippen molar-refractivity contribution in [3.63, 3.8) is 0 Å². The van der Waals surface area contributed by atoms with Crippen LogP contribution in [0.1, 0.15) is 10.6 Å². The molecule has 0 bridgehead atoms. The molecule has 8 heteroatoms. The predicted molar refractivity (Wildman–Crippen MR) is 112 cm³/mol. The number of para-hydroxylation sites is 1. The molecule has 1 aromatic heterocycles. The number of thiocarbonyl (C=S) groups is 1. The Morgan fingerprint density at radius 1 is 1.04 bits per heavy atom. The van der Waals surface area contributed by atoms with Gasteiger partial charge in [-0.3, -0.25) is 10.1 Å². The van der Waals surface area contributed by atoms with Gasteiger partial charge in [0.05, 0.1) is 15.7 Å². The Bertz CT molecular complexity index is 989. The SMILES string of the molecule is O=C(NC(=S)Nc1ccccc1S)c1ccc(-c2ccc(Cl)c(Cl)c2)o1. The number of hydrogen-bond donors (Lipinski definition) is 3. The van der Waals surface area contributed by atoms with Crippen molar-refractivity contribution in [2.24, 2.45) is 0 Å². The number of benzene rings is 2. The highest BCUT2D eigenvalue weighted by atomic mass is 35.5. The molecule has 0 aliphatic rings. The number of carbonyl (C=O) groups excluding carboxylic acids is 1. The summed E-state index contributed by atoms with van der Waals surface area (Å²) >= 11 is 21.4. The molecule has 0 fully saturated rings. The lowest BCUT2D eigenvalue weighted by Gasteiger charge is -2.10. The molecule has 1 heterocycles. The maximum absolute atomic E-state index is 12.3. The average molecular weight is 423 g/mol. The third-order valence-electron chi connectivity index (χ3n) is 3.41. The van der Waals surface area contributed by atoms with Gasteiger partial charge >= 0.3 is 0 Å². The zero-order chi connectivity index (χ0) is 18.7. The van der Waals surface area contributed by atoms with Gasteiger partial charge in [0.25, 0.3) is 5.91 Å². The van der Waals surface area contributed by atoms with Gasteiger partial charge in [0.2, 0.25) is 0 Å². The Labute approximate surface area is 170 Å². The fraction of sp³-hybridized carbons (Fsp3) is 0. The lowest BCUT2D eigenvalue weighted by Crippen LogP contribution is -2.34. The number of halogens is 2. The molecule has 2 aromatic carbocycles. The van der Waals surface area contributed by atoms with Crippen molar-refractivity contribution in [2.75, 3.05) is 5.32 Å². The van der Waals surface area contributed by atoms with Crippen LogP contribution in [-0.4, -0.2) is 11.0 Å². The summed E-state index contributed by atoms with van der Waals surface area (Å²) in [5.74, 6) is 0.146. The highest BCUT2D eigenvalue weighted by Crippen LogP contribution is 2.29. The molecule has 0 atom stereocenters. The topological polar surface area (TPSA) is 54.3 Å². The zero-order valence-corrected chi connectivity index (χ0v) is 16.3. The molecule has 0 spiro atoms. The quantitative estimate of drug-likeness (QED) is 0.375. The summed E-state index contributed by atoms with van der Waals surface area (Å²) in [6.45, 7) is 0. The highest BCUT2D eigenvalue weighted by Gasteiger charge is 2.14. The summed E-state index contributed by atoms with van der Waals surface area (Å²) in [5, 5.41) is 6.47. The van der Waals surface area contributed by atoms with E-state index < -0.39 is 5.91 Å². The van der Waals surface area contributed by atoms with E-state index in [0.29, 0.717) is 32.0 Å². The van der Waals surface area contributed by atoms with E-state index in [1.54, 1.807) is 36.4 Å². The third kappa shape index (κ3) is 4.40. The van der Waals surface area contributed by atoms with E-state index in [9.17, 15) is 4.79 Å². The number of carbonyl (C=O) groups is 1. The van der Waals surface area contributed by atoms with Gasteiger partial charge in [0.1, 0.15) is 5.76 Å². The lowest BCUT2D eigenvalue weighted by atomic mass is 10.2. The Morgan fingerprint density at radius 2 is 1.81 bits per heavy atom.